The molecule has 2 aliphatic heterocycles. The van der Waals surface area contributed by atoms with Crippen LogP contribution >= 0.6 is 0 Å². The molecule has 5 heteroatoms. The first-order chi connectivity index (χ1) is 9.93. The summed E-state index contributed by atoms with van der Waals surface area (Å²) in [4.78, 5) is 9.33. The normalized spacial score (nSPS) is 19.3. The molecule has 0 bridgehead atoms. The number of pyridine rings is 1. The van der Waals surface area contributed by atoms with Gasteiger partial charge in [0.05, 0.1) is 26.4 Å². The van der Waals surface area contributed by atoms with Crippen LogP contribution in [-0.2, 0) is 9.47 Å². The number of hydrogen-bond acceptors (Lipinski definition) is 5. The molecule has 1 aromatic heterocycles. The van der Waals surface area contributed by atoms with Crippen molar-refractivity contribution in [1.29, 1.82) is 0 Å². The Hall–Kier alpha value is -1.33. The Morgan fingerprint density at radius 1 is 0.800 bits per heavy atom. The Morgan fingerprint density at radius 2 is 1.20 bits per heavy atom. The molecule has 0 amide bonds. The molecule has 3 heterocycles. The van der Waals surface area contributed by atoms with Crippen LogP contribution in [0.3, 0.4) is 0 Å². The molecule has 20 heavy (non-hydrogen) atoms. The summed E-state index contributed by atoms with van der Waals surface area (Å²) in [5.41, 5.74) is 0. The Bertz CT molecular complexity index is 355. The molecule has 0 aliphatic carbocycles. The number of morpholine rings is 2. The maximum absolute atomic E-state index is 5.37. The molecule has 2 saturated heterocycles. The fourth-order valence-electron chi connectivity index (χ4n) is 2.35. The first kappa shape index (κ1) is 15.1. The molecule has 0 saturated carbocycles. The van der Waals surface area contributed by atoms with Crippen molar-refractivity contribution in [3.8, 4) is 0 Å². The third kappa shape index (κ3) is 3.84. The molecule has 3 rings (SSSR count). The molecule has 2 fully saturated rings. The van der Waals surface area contributed by atoms with E-state index in [2.05, 4.69) is 28.0 Å². The largest absolute Gasteiger partial charge is 0.378 e. The van der Waals surface area contributed by atoms with Gasteiger partial charge in [0.25, 0.3) is 0 Å². The van der Waals surface area contributed by atoms with Gasteiger partial charge in [0.15, 0.2) is 0 Å². The van der Waals surface area contributed by atoms with Gasteiger partial charge in [0.2, 0.25) is 0 Å². The number of hydrogen-bond donors (Lipinski definition) is 0. The van der Waals surface area contributed by atoms with Crippen LogP contribution in [0.1, 0.15) is 13.8 Å². The first-order valence-corrected chi connectivity index (χ1v) is 7.56. The molecular formula is C15H25N3O2. The lowest BCUT2D eigenvalue weighted by Crippen LogP contribution is -2.38. The maximum Gasteiger partial charge on any atom is 0.131 e. The quantitative estimate of drug-likeness (QED) is 0.825. The highest BCUT2D eigenvalue weighted by Gasteiger charge is 2.16. The summed E-state index contributed by atoms with van der Waals surface area (Å²) in [6, 6.07) is 6.24. The van der Waals surface area contributed by atoms with Crippen molar-refractivity contribution < 1.29 is 9.47 Å². The summed E-state index contributed by atoms with van der Waals surface area (Å²) in [6.45, 7) is 10.9. The van der Waals surface area contributed by atoms with Crippen LogP contribution in [0.25, 0.3) is 0 Å². The van der Waals surface area contributed by atoms with Gasteiger partial charge in [-0.3, -0.25) is 0 Å². The third-order valence-electron chi connectivity index (χ3n) is 3.39. The zero-order valence-corrected chi connectivity index (χ0v) is 12.5. The van der Waals surface area contributed by atoms with Crippen LogP contribution in [0.15, 0.2) is 18.2 Å². The average molecular weight is 279 g/mol. The summed E-state index contributed by atoms with van der Waals surface area (Å²) in [7, 11) is 0. The van der Waals surface area contributed by atoms with Crippen LogP contribution in [-0.4, -0.2) is 57.6 Å². The second-order valence-corrected chi connectivity index (χ2v) is 4.55. The lowest BCUT2D eigenvalue weighted by Gasteiger charge is -2.31. The van der Waals surface area contributed by atoms with Crippen molar-refractivity contribution in [3.63, 3.8) is 0 Å². The standard InChI is InChI=1S/C13H19N3O2.C2H6/c1-2-12(15-4-8-17-9-5-15)14-13(3-1)16-6-10-18-11-7-16;1-2/h1-3H,4-11H2;1-2H3. The van der Waals surface area contributed by atoms with Crippen molar-refractivity contribution in [2.45, 2.75) is 13.8 Å². The minimum Gasteiger partial charge on any atom is -0.378 e. The molecule has 0 aromatic carbocycles. The van der Waals surface area contributed by atoms with Gasteiger partial charge in [-0.15, -0.1) is 0 Å². The maximum atomic E-state index is 5.37. The molecule has 0 atom stereocenters. The Labute approximate surface area is 121 Å². The predicted octanol–water partition coefficient (Wildman–Crippen LogP) is 1.78. The Kier molecular flexibility index (Phi) is 6.08. The van der Waals surface area contributed by atoms with E-state index in [0.717, 1.165) is 64.2 Å². The summed E-state index contributed by atoms with van der Waals surface area (Å²) in [5, 5.41) is 0. The minimum absolute atomic E-state index is 0.795. The number of anilines is 2. The molecule has 5 nitrogen and oxygen atoms in total. The lowest BCUT2D eigenvalue weighted by molar-refractivity contribution is 0.121. The molecule has 1 aromatic rings. The molecule has 0 N–H and O–H groups in total. The topological polar surface area (TPSA) is 37.8 Å². The fourth-order valence-corrected chi connectivity index (χ4v) is 2.35. The molecule has 0 radical (unpaired) electrons. The van der Waals surface area contributed by atoms with Crippen LogP contribution in [0.2, 0.25) is 0 Å². The van der Waals surface area contributed by atoms with Gasteiger partial charge in [-0.1, -0.05) is 19.9 Å². The van der Waals surface area contributed by atoms with Crippen LogP contribution in [0.5, 0.6) is 0 Å². The van der Waals surface area contributed by atoms with Crippen molar-refractivity contribution in [1.82, 2.24) is 4.98 Å². The van der Waals surface area contributed by atoms with E-state index in [0.29, 0.717) is 0 Å². The van der Waals surface area contributed by atoms with E-state index in [1.54, 1.807) is 0 Å². The number of aromatic nitrogens is 1. The number of rotatable bonds is 2. The average Bonchev–Trinajstić information content (AvgIpc) is 2.58. The summed E-state index contributed by atoms with van der Waals surface area (Å²) >= 11 is 0. The first-order valence-electron chi connectivity index (χ1n) is 7.56. The smallest absolute Gasteiger partial charge is 0.131 e. The third-order valence-corrected chi connectivity index (χ3v) is 3.39. The number of ether oxygens (including phenoxy) is 2. The summed E-state index contributed by atoms with van der Waals surface area (Å²) in [6.07, 6.45) is 0. The molecule has 2 aliphatic rings. The summed E-state index contributed by atoms with van der Waals surface area (Å²) < 4.78 is 10.7. The summed E-state index contributed by atoms with van der Waals surface area (Å²) in [5.74, 6) is 2.12. The molecule has 0 spiro atoms. The second kappa shape index (κ2) is 8.07. The monoisotopic (exact) mass is 279 g/mol. The Morgan fingerprint density at radius 3 is 1.60 bits per heavy atom. The minimum atomic E-state index is 0.795. The van der Waals surface area contributed by atoms with Gasteiger partial charge < -0.3 is 19.3 Å². The SMILES string of the molecule is CC.c1cc(N2CCOCC2)nc(N2CCOCC2)c1. The van der Waals surface area contributed by atoms with Crippen molar-refractivity contribution in [2.24, 2.45) is 0 Å². The lowest BCUT2D eigenvalue weighted by atomic mass is 10.3. The van der Waals surface area contributed by atoms with Crippen molar-refractivity contribution >= 4 is 11.6 Å². The highest BCUT2D eigenvalue weighted by Crippen LogP contribution is 2.19. The van der Waals surface area contributed by atoms with E-state index < -0.39 is 0 Å². The zero-order chi connectivity index (χ0) is 14.2. The van der Waals surface area contributed by atoms with Gasteiger partial charge in [0.1, 0.15) is 11.6 Å². The van der Waals surface area contributed by atoms with Gasteiger partial charge in [-0.2, -0.15) is 0 Å². The van der Waals surface area contributed by atoms with Gasteiger partial charge in [-0.25, -0.2) is 4.98 Å². The van der Waals surface area contributed by atoms with Crippen LogP contribution in [0.4, 0.5) is 11.6 Å². The van der Waals surface area contributed by atoms with Crippen LogP contribution < -0.4 is 9.80 Å². The highest BCUT2D eigenvalue weighted by molar-refractivity contribution is 5.49. The predicted molar refractivity (Wildman–Crippen MR) is 81.6 cm³/mol. The van der Waals surface area contributed by atoms with Crippen LogP contribution in [0, 0.1) is 0 Å². The van der Waals surface area contributed by atoms with Gasteiger partial charge >= 0.3 is 0 Å². The fraction of sp³-hybridized carbons (Fsp3) is 0.667. The zero-order valence-electron chi connectivity index (χ0n) is 12.5. The van der Waals surface area contributed by atoms with E-state index in [-0.39, 0.29) is 0 Å². The van der Waals surface area contributed by atoms with E-state index >= 15 is 0 Å². The number of nitrogens with zero attached hydrogens (tertiary/aromatic N) is 3. The van der Waals surface area contributed by atoms with E-state index in [9.17, 15) is 0 Å². The molecular weight excluding hydrogens is 254 g/mol. The van der Waals surface area contributed by atoms with E-state index in [1.165, 1.54) is 0 Å². The van der Waals surface area contributed by atoms with Crippen molar-refractivity contribution in [3.05, 3.63) is 18.2 Å². The highest BCUT2D eigenvalue weighted by atomic mass is 16.5. The second-order valence-electron chi connectivity index (χ2n) is 4.55. The van der Waals surface area contributed by atoms with E-state index in [1.807, 2.05) is 13.8 Å². The van der Waals surface area contributed by atoms with Crippen molar-refractivity contribution in [2.75, 3.05) is 62.4 Å². The van der Waals surface area contributed by atoms with E-state index in [4.69, 9.17) is 14.5 Å². The van der Waals surface area contributed by atoms with Gasteiger partial charge in [-0.05, 0) is 12.1 Å². The molecule has 112 valence electrons. The molecule has 0 unspecified atom stereocenters. The van der Waals surface area contributed by atoms with Gasteiger partial charge in [0, 0.05) is 26.2 Å². The Balaban J connectivity index is 0.000000704.